The molecule has 5 nitrogen and oxygen atoms in total. The van der Waals surface area contributed by atoms with Crippen molar-refractivity contribution in [3.8, 4) is 0 Å². The molecule has 0 aliphatic carbocycles. The van der Waals surface area contributed by atoms with Crippen molar-refractivity contribution in [3.05, 3.63) is 64.8 Å². The molecule has 0 fully saturated rings. The minimum Gasteiger partial charge on any atom is -0.339 e. The number of anilines is 4. The number of hydrogen-bond donors (Lipinski definition) is 2. The molecule has 0 aliphatic rings. The molecule has 23 heavy (non-hydrogen) atoms. The topological polar surface area (TPSA) is 62.7 Å². The van der Waals surface area contributed by atoms with Crippen LogP contribution in [0.4, 0.5) is 23.1 Å². The van der Waals surface area contributed by atoms with Gasteiger partial charge in [0.05, 0.1) is 6.20 Å². The van der Waals surface area contributed by atoms with Gasteiger partial charge in [-0.3, -0.25) is 0 Å². The molecule has 0 unspecified atom stereocenters. The molecule has 0 radical (unpaired) electrons. The van der Waals surface area contributed by atoms with Gasteiger partial charge in [0.1, 0.15) is 0 Å². The summed E-state index contributed by atoms with van der Waals surface area (Å²) in [5.74, 6) is 1.03. The van der Waals surface area contributed by atoms with E-state index in [0.29, 0.717) is 16.8 Å². The molecule has 0 saturated carbocycles. The Hall–Kier alpha value is -2.66. The number of rotatable bonds is 4. The second kappa shape index (κ2) is 6.62. The van der Waals surface area contributed by atoms with Gasteiger partial charge in [-0.05, 0) is 49.2 Å². The Labute approximate surface area is 139 Å². The maximum atomic E-state index is 6.13. The Morgan fingerprint density at radius 3 is 2.65 bits per heavy atom. The summed E-state index contributed by atoms with van der Waals surface area (Å²) in [7, 11) is 0. The number of benzene rings is 2. The second-order valence-electron chi connectivity index (χ2n) is 5.20. The molecule has 0 saturated heterocycles. The van der Waals surface area contributed by atoms with E-state index in [2.05, 4.69) is 25.8 Å². The van der Waals surface area contributed by atoms with Crippen LogP contribution in [0.5, 0.6) is 0 Å². The van der Waals surface area contributed by atoms with Gasteiger partial charge in [-0.1, -0.05) is 29.8 Å². The predicted octanol–water partition coefficient (Wildman–Crippen LogP) is 4.63. The molecule has 0 spiro atoms. The van der Waals surface area contributed by atoms with Crippen molar-refractivity contribution in [2.45, 2.75) is 13.8 Å². The zero-order valence-corrected chi connectivity index (χ0v) is 13.6. The summed E-state index contributed by atoms with van der Waals surface area (Å²) >= 11 is 6.13. The first-order chi connectivity index (χ1) is 11.1. The lowest BCUT2D eigenvalue weighted by Gasteiger charge is -2.10. The zero-order chi connectivity index (χ0) is 16.2. The highest BCUT2D eigenvalue weighted by Gasteiger charge is 2.05. The van der Waals surface area contributed by atoms with Crippen LogP contribution in [-0.2, 0) is 0 Å². The van der Waals surface area contributed by atoms with Gasteiger partial charge < -0.3 is 10.6 Å². The molecular formula is C17H16ClN5. The molecule has 0 atom stereocenters. The number of hydrogen-bond acceptors (Lipinski definition) is 5. The van der Waals surface area contributed by atoms with Crippen LogP contribution in [0.2, 0.25) is 5.02 Å². The summed E-state index contributed by atoms with van der Waals surface area (Å²) in [4.78, 5) is 4.42. The van der Waals surface area contributed by atoms with Crippen molar-refractivity contribution in [1.82, 2.24) is 15.2 Å². The Kier molecular flexibility index (Phi) is 4.39. The van der Waals surface area contributed by atoms with Gasteiger partial charge in [-0.25, -0.2) is 0 Å². The van der Waals surface area contributed by atoms with Crippen molar-refractivity contribution < 1.29 is 0 Å². The summed E-state index contributed by atoms with van der Waals surface area (Å²) in [6, 6.07) is 13.7. The first-order valence-electron chi connectivity index (χ1n) is 7.17. The number of nitrogens with one attached hydrogen (secondary N) is 2. The van der Waals surface area contributed by atoms with Gasteiger partial charge >= 0.3 is 0 Å². The van der Waals surface area contributed by atoms with E-state index in [-0.39, 0.29) is 0 Å². The summed E-state index contributed by atoms with van der Waals surface area (Å²) in [6.07, 6.45) is 1.57. The second-order valence-corrected chi connectivity index (χ2v) is 5.60. The Bertz CT molecular complexity index is 835. The van der Waals surface area contributed by atoms with E-state index in [9.17, 15) is 0 Å². The Morgan fingerprint density at radius 1 is 1.00 bits per heavy atom. The molecule has 1 aromatic heterocycles. The minimum absolute atomic E-state index is 0.431. The summed E-state index contributed by atoms with van der Waals surface area (Å²) in [5.41, 5.74) is 3.93. The van der Waals surface area contributed by atoms with Crippen molar-refractivity contribution >= 4 is 34.7 Å². The van der Waals surface area contributed by atoms with Crippen molar-refractivity contribution in [3.63, 3.8) is 0 Å². The number of halogens is 1. The van der Waals surface area contributed by atoms with Gasteiger partial charge in [0.25, 0.3) is 0 Å². The maximum absolute atomic E-state index is 6.13. The molecule has 1 heterocycles. The van der Waals surface area contributed by atoms with Crippen LogP contribution >= 0.6 is 11.6 Å². The van der Waals surface area contributed by atoms with Crippen LogP contribution in [0, 0.1) is 13.8 Å². The fourth-order valence-corrected chi connectivity index (χ4v) is 2.32. The summed E-state index contributed by atoms with van der Waals surface area (Å²) in [5, 5.41) is 15.1. The Morgan fingerprint density at radius 2 is 1.83 bits per heavy atom. The number of aryl methyl sites for hydroxylation is 1. The van der Waals surface area contributed by atoms with Gasteiger partial charge in [0.15, 0.2) is 5.82 Å². The average molecular weight is 326 g/mol. The number of nitrogens with zero attached hydrogens (tertiary/aromatic N) is 3. The lowest BCUT2D eigenvalue weighted by molar-refractivity contribution is 0.982. The van der Waals surface area contributed by atoms with Crippen LogP contribution < -0.4 is 10.6 Å². The molecule has 116 valence electrons. The van der Waals surface area contributed by atoms with E-state index in [1.165, 1.54) is 0 Å². The first-order valence-corrected chi connectivity index (χ1v) is 7.55. The largest absolute Gasteiger partial charge is 0.339 e. The van der Waals surface area contributed by atoms with Gasteiger partial charge in [0.2, 0.25) is 5.95 Å². The van der Waals surface area contributed by atoms with E-state index >= 15 is 0 Å². The third kappa shape index (κ3) is 3.76. The van der Waals surface area contributed by atoms with Gasteiger partial charge in [-0.15, -0.1) is 5.10 Å². The Balaban J connectivity index is 1.81. The average Bonchev–Trinajstić information content (AvgIpc) is 2.52. The summed E-state index contributed by atoms with van der Waals surface area (Å²) in [6.45, 7) is 3.98. The van der Waals surface area contributed by atoms with Crippen LogP contribution in [0.1, 0.15) is 11.1 Å². The molecule has 3 aromatic rings. The zero-order valence-electron chi connectivity index (χ0n) is 12.8. The van der Waals surface area contributed by atoms with Gasteiger partial charge in [0, 0.05) is 16.4 Å². The van der Waals surface area contributed by atoms with Crippen LogP contribution in [0.15, 0.2) is 48.7 Å². The molecule has 2 N–H and O–H groups in total. The first kappa shape index (κ1) is 15.2. The molecule has 6 heteroatoms. The van der Waals surface area contributed by atoms with Crippen molar-refractivity contribution in [2.75, 3.05) is 10.6 Å². The van der Waals surface area contributed by atoms with E-state index < -0.39 is 0 Å². The minimum atomic E-state index is 0.431. The van der Waals surface area contributed by atoms with Crippen molar-refractivity contribution in [2.24, 2.45) is 0 Å². The smallest absolute Gasteiger partial charge is 0.249 e. The highest BCUT2D eigenvalue weighted by Crippen LogP contribution is 2.25. The highest BCUT2D eigenvalue weighted by atomic mass is 35.5. The molecule has 0 bridgehead atoms. The van der Waals surface area contributed by atoms with E-state index in [1.54, 1.807) is 6.20 Å². The fraction of sp³-hybridized carbons (Fsp3) is 0.118. The van der Waals surface area contributed by atoms with Crippen LogP contribution in [0.3, 0.4) is 0 Å². The standard InChI is InChI=1S/C17H16ClN5/c1-11-5-3-6-13(9-11)20-17-22-16(10-19-23-17)21-15-8-4-7-14(18)12(15)2/h3-10H,1-2H3,(H2,20,21,22,23). The predicted molar refractivity (Wildman–Crippen MR) is 93.8 cm³/mol. The van der Waals surface area contributed by atoms with E-state index in [4.69, 9.17) is 11.6 Å². The van der Waals surface area contributed by atoms with Crippen LogP contribution in [0.25, 0.3) is 0 Å². The molecule has 0 amide bonds. The fourth-order valence-electron chi connectivity index (χ4n) is 2.15. The van der Waals surface area contributed by atoms with Gasteiger partial charge in [-0.2, -0.15) is 10.1 Å². The third-order valence-corrected chi connectivity index (χ3v) is 3.77. The normalized spacial score (nSPS) is 10.4. The lowest BCUT2D eigenvalue weighted by atomic mass is 10.2. The monoisotopic (exact) mass is 325 g/mol. The van der Waals surface area contributed by atoms with Crippen LogP contribution in [-0.4, -0.2) is 15.2 Å². The third-order valence-electron chi connectivity index (χ3n) is 3.36. The van der Waals surface area contributed by atoms with E-state index in [0.717, 1.165) is 22.5 Å². The summed E-state index contributed by atoms with van der Waals surface area (Å²) < 4.78 is 0. The highest BCUT2D eigenvalue weighted by molar-refractivity contribution is 6.31. The van der Waals surface area contributed by atoms with Crippen molar-refractivity contribution in [1.29, 1.82) is 0 Å². The maximum Gasteiger partial charge on any atom is 0.249 e. The molecule has 0 aliphatic heterocycles. The number of aromatic nitrogens is 3. The molecular weight excluding hydrogens is 310 g/mol. The lowest BCUT2D eigenvalue weighted by Crippen LogP contribution is -2.03. The molecule has 2 aromatic carbocycles. The quantitative estimate of drug-likeness (QED) is 0.732. The van der Waals surface area contributed by atoms with E-state index in [1.807, 2.05) is 56.3 Å². The SMILES string of the molecule is Cc1cccc(Nc2nncc(Nc3cccc(Cl)c3C)n2)c1. The molecule has 3 rings (SSSR count).